The van der Waals surface area contributed by atoms with Gasteiger partial charge in [0.05, 0.1) is 19.1 Å². The molecule has 0 saturated carbocycles. The van der Waals surface area contributed by atoms with Gasteiger partial charge in [0.15, 0.2) is 5.78 Å². The fourth-order valence-corrected chi connectivity index (χ4v) is 1.88. The van der Waals surface area contributed by atoms with Gasteiger partial charge in [-0.15, -0.1) is 0 Å². The lowest BCUT2D eigenvalue weighted by atomic mass is 9.98. The second kappa shape index (κ2) is 5.87. The molecule has 1 aromatic rings. The van der Waals surface area contributed by atoms with Crippen molar-refractivity contribution in [1.29, 1.82) is 0 Å². The van der Waals surface area contributed by atoms with E-state index < -0.39 is 5.97 Å². The fourth-order valence-electron chi connectivity index (χ4n) is 1.73. The molecule has 0 saturated heterocycles. The Kier molecular flexibility index (Phi) is 4.73. The van der Waals surface area contributed by atoms with E-state index in [1.54, 1.807) is 13.8 Å². The molecule has 0 aliphatic heterocycles. The van der Waals surface area contributed by atoms with Crippen LogP contribution in [0.1, 0.15) is 34.3 Å². The van der Waals surface area contributed by atoms with Gasteiger partial charge < -0.3 is 9.84 Å². The SMILES string of the molecule is COC(=O)CCC(=O)c1c(O)cc(C)c(Cl)c1C. The monoisotopic (exact) mass is 270 g/mol. The minimum Gasteiger partial charge on any atom is -0.507 e. The molecule has 0 unspecified atom stereocenters. The van der Waals surface area contributed by atoms with Crippen LogP contribution >= 0.6 is 11.6 Å². The average molecular weight is 271 g/mol. The van der Waals surface area contributed by atoms with Crippen molar-refractivity contribution in [2.75, 3.05) is 7.11 Å². The number of esters is 1. The number of hydrogen-bond acceptors (Lipinski definition) is 4. The number of Topliss-reactive ketones (excluding diaryl/α,β-unsaturated/α-hetero) is 1. The molecule has 0 aliphatic rings. The Bertz CT molecular complexity index is 494. The molecular formula is C13H15ClO4. The lowest BCUT2D eigenvalue weighted by molar-refractivity contribution is -0.140. The highest BCUT2D eigenvalue weighted by molar-refractivity contribution is 6.32. The molecule has 0 bridgehead atoms. The summed E-state index contributed by atoms with van der Waals surface area (Å²) in [7, 11) is 1.26. The molecule has 0 radical (unpaired) electrons. The lowest BCUT2D eigenvalue weighted by Crippen LogP contribution is -2.08. The topological polar surface area (TPSA) is 63.6 Å². The van der Waals surface area contributed by atoms with E-state index in [1.807, 2.05) is 0 Å². The fraction of sp³-hybridized carbons (Fsp3) is 0.385. The lowest BCUT2D eigenvalue weighted by Gasteiger charge is -2.11. The number of ketones is 1. The van der Waals surface area contributed by atoms with Crippen molar-refractivity contribution < 1.29 is 19.4 Å². The van der Waals surface area contributed by atoms with E-state index in [-0.39, 0.29) is 29.9 Å². The van der Waals surface area contributed by atoms with Crippen LogP contribution in [0.2, 0.25) is 5.02 Å². The molecule has 0 atom stereocenters. The van der Waals surface area contributed by atoms with Gasteiger partial charge in [0, 0.05) is 11.4 Å². The summed E-state index contributed by atoms with van der Waals surface area (Å²) in [5.74, 6) is -0.889. The van der Waals surface area contributed by atoms with Crippen LogP contribution in [0.15, 0.2) is 6.07 Å². The normalized spacial score (nSPS) is 10.2. The first-order valence-electron chi connectivity index (χ1n) is 5.47. The van der Waals surface area contributed by atoms with Crippen LogP contribution in [0, 0.1) is 13.8 Å². The van der Waals surface area contributed by atoms with Crippen LogP contribution in [0.5, 0.6) is 5.75 Å². The third-order valence-corrected chi connectivity index (χ3v) is 3.30. The predicted octanol–water partition coefficient (Wildman–Crippen LogP) is 2.80. The number of ether oxygens (including phenoxy) is 1. The summed E-state index contributed by atoms with van der Waals surface area (Å²) in [5.41, 5.74) is 1.41. The number of hydrogen-bond donors (Lipinski definition) is 1. The van der Waals surface area contributed by atoms with E-state index in [9.17, 15) is 14.7 Å². The molecule has 1 aromatic carbocycles. The van der Waals surface area contributed by atoms with Gasteiger partial charge in [0.1, 0.15) is 5.75 Å². The predicted molar refractivity (Wildman–Crippen MR) is 68.2 cm³/mol. The van der Waals surface area contributed by atoms with Crippen LogP contribution in [0.25, 0.3) is 0 Å². The second-order valence-corrected chi connectivity index (χ2v) is 4.40. The summed E-state index contributed by atoms with van der Waals surface area (Å²) in [6.45, 7) is 3.41. The summed E-state index contributed by atoms with van der Waals surface area (Å²) >= 11 is 6.03. The molecule has 1 N–H and O–H groups in total. The van der Waals surface area contributed by atoms with Crippen LogP contribution < -0.4 is 0 Å². The first-order valence-corrected chi connectivity index (χ1v) is 5.85. The van der Waals surface area contributed by atoms with Gasteiger partial charge in [0.25, 0.3) is 0 Å². The molecule has 0 spiro atoms. The number of benzene rings is 1. The van der Waals surface area contributed by atoms with Crippen molar-refractivity contribution in [2.24, 2.45) is 0 Å². The Morgan fingerprint density at radius 2 is 1.94 bits per heavy atom. The Hall–Kier alpha value is -1.55. The van der Waals surface area contributed by atoms with Gasteiger partial charge in [0.2, 0.25) is 0 Å². The van der Waals surface area contributed by atoms with Gasteiger partial charge in [-0.3, -0.25) is 9.59 Å². The third kappa shape index (κ3) is 3.01. The van der Waals surface area contributed by atoms with Crippen molar-refractivity contribution in [1.82, 2.24) is 0 Å². The number of rotatable bonds is 4. The first-order chi connectivity index (χ1) is 8.38. The highest BCUT2D eigenvalue weighted by Crippen LogP contribution is 2.31. The van der Waals surface area contributed by atoms with E-state index >= 15 is 0 Å². The molecule has 4 nitrogen and oxygen atoms in total. The largest absolute Gasteiger partial charge is 0.507 e. The molecule has 0 amide bonds. The maximum absolute atomic E-state index is 11.9. The molecular weight excluding hydrogens is 256 g/mol. The molecule has 0 heterocycles. The molecule has 0 aliphatic carbocycles. The van der Waals surface area contributed by atoms with Gasteiger partial charge in [-0.05, 0) is 31.0 Å². The van der Waals surface area contributed by atoms with E-state index in [4.69, 9.17) is 11.6 Å². The quantitative estimate of drug-likeness (QED) is 0.675. The zero-order chi connectivity index (χ0) is 13.9. The number of phenolic OH excluding ortho intramolecular Hbond substituents is 1. The number of carbonyl (C=O) groups is 2. The number of aromatic hydroxyl groups is 1. The Balaban J connectivity index is 2.99. The van der Waals surface area contributed by atoms with Gasteiger partial charge in [-0.25, -0.2) is 0 Å². The zero-order valence-corrected chi connectivity index (χ0v) is 11.3. The number of halogens is 1. The van der Waals surface area contributed by atoms with Crippen LogP contribution in [-0.2, 0) is 9.53 Å². The minimum atomic E-state index is -0.460. The van der Waals surface area contributed by atoms with Crippen molar-refractivity contribution in [3.63, 3.8) is 0 Å². The highest BCUT2D eigenvalue weighted by Gasteiger charge is 2.19. The Labute approximate surface area is 111 Å². The van der Waals surface area contributed by atoms with Gasteiger partial charge >= 0.3 is 5.97 Å². The van der Waals surface area contributed by atoms with Crippen molar-refractivity contribution in [3.8, 4) is 5.75 Å². The number of methoxy groups -OCH3 is 1. The third-order valence-electron chi connectivity index (χ3n) is 2.72. The maximum atomic E-state index is 11.9. The number of phenols is 1. The smallest absolute Gasteiger partial charge is 0.305 e. The summed E-state index contributed by atoms with van der Waals surface area (Å²) < 4.78 is 4.46. The Morgan fingerprint density at radius 3 is 2.50 bits per heavy atom. The van der Waals surface area contributed by atoms with Gasteiger partial charge in [-0.2, -0.15) is 0 Å². The van der Waals surface area contributed by atoms with Gasteiger partial charge in [-0.1, -0.05) is 11.6 Å². The minimum absolute atomic E-state index is 0.0134. The van der Waals surface area contributed by atoms with E-state index in [1.165, 1.54) is 13.2 Å². The average Bonchev–Trinajstić information content (AvgIpc) is 2.33. The summed E-state index contributed by atoms with van der Waals surface area (Å²) in [6.07, 6.45) is -0.0276. The Morgan fingerprint density at radius 1 is 1.33 bits per heavy atom. The number of carbonyl (C=O) groups excluding carboxylic acids is 2. The number of aryl methyl sites for hydroxylation is 1. The van der Waals surface area contributed by atoms with Crippen molar-refractivity contribution in [2.45, 2.75) is 26.7 Å². The molecule has 0 aromatic heterocycles. The van der Waals surface area contributed by atoms with Crippen LogP contribution in [0.3, 0.4) is 0 Å². The van der Waals surface area contributed by atoms with Crippen molar-refractivity contribution >= 4 is 23.4 Å². The molecule has 98 valence electrons. The molecule has 18 heavy (non-hydrogen) atoms. The first kappa shape index (κ1) is 14.5. The maximum Gasteiger partial charge on any atom is 0.305 e. The van der Waals surface area contributed by atoms with E-state index in [2.05, 4.69) is 4.74 Å². The highest BCUT2D eigenvalue weighted by atomic mass is 35.5. The molecule has 1 rings (SSSR count). The van der Waals surface area contributed by atoms with Crippen LogP contribution in [-0.4, -0.2) is 24.0 Å². The van der Waals surface area contributed by atoms with E-state index in [0.29, 0.717) is 16.1 Å². The zero-order valence-electron chi connectivity index (χ0n) is 10.5. The summed E-state index contributed by atoms with van der Waals surface area (Å²) in [6, 6.07) is 1.45. The standard InChI is InChI=1S/C13H15ClO4/c1-7-6-10(16)12(8(2)13(7)14)9(15)4-5-11(17)18-3/h6,16H,4-5H2,1-3H3. The molecule has 5 heteroatoms. The molecule has 0 fully saturated rings. The van der Waals surface area contributed by atoms with Crippen molar-refractivity contribution in [3.05, 3.63) is 27.8 Å². The van der Waals surface area contributed by atoms with Crippen LogP contribution in [0.4, 0.5) is 0 Å². The van der Waals surface area contributed by atoms with E-state index in [0.717, 1.165) is 0 Å². The summed E-state index contributed by atoms with van der Waals surface area (Å²) in [4.78, 5) is 22.9. The summed E-state index contributed by atoms with van der Waals surface area (Å²) in [5, 5.41) is 10.2. The second-order valence-electron chi connectivity index (χ2n) is 4.03.